The Bertz CT molecular complexity index is 785. The molecule has 0 radical (unpaired) electrons. The Balaban J connectivity index is 2.63. The van der Waals surface area contributed by atoms with Crippen LogP contribution < -0.4 is 5.32 Å². The van der Waals surface area contributed by atoms with Gasteiger partial charge < -0.3 is 50.5 Å². The van der Waals surface area contributed by atoms with E-state index in [1.54, 1.807) is 0 Å². The zero-order valence-electron chi connectivity index (χ0n) is 29.3. The van der Waals surface area contributed by atoms with Crippen molar-refractivity contribution in [2.45, 2.75) is 197 Å². The topological polar surface area (TPSA) is 189 Å². The number of aliphatic hydroxyl groups is 7. The van der Waals surface area contributed by atoms with Crippen LogP contribution in [0.15, 0.2) is 12.2 Å². The van der Waals surface area contributed by atoms with E-state index in [0.717, 1.165) is 38.5 Å². The number of carbonyl (C=O) groups excluding carboxylic acids is 1. The van der Waals surface area contributed by atoms with E-state index in [0.29, 0.717) is 12.8 Å². The van der Waals surface area contributed by atoms with Gasteiger partial charge in [-0.15, -0.1) is 0 Å². The summed E-state index contributed by atoms with van der Waals surface area (Å²) in [6.07, 6.45) is 12.9. The van der Waals surface area contributed by atoms with Crippen LogP contribution in [0.2, 0.25) is 0 Å². The van der Waals surface area contributed by atoms with Crippen molar-refractivity contribution in [3.63, 3.8) is 0 Å². The van der Waals surface area contributed by atoms with Gasteiger partial charge in [-0.1, -0.05) is 116 Å². The predicted octanol–water partition coefficient (Wildman–Crippen LogP) is 3.77. The monoisotopic (exact) mass is 675 g/mol. The molecule has 1 aliphatic rings. The zero-order chi connectivity index (χ0) is 34.9. The summed E-state index contributed by atoms with van der Waals surface area (Å²) in [6.45, 7) is 3.33. The number of rotatable bonds is 29. The van der Waals surface area contributed by atoms with Gasteiger partial charge in [-0.2, -0.15) is 0 Å². The Morgan fingerprint density at radius 3 is 1.83 bits per heavy atom. The van der Waals surface area contributed by atoms with E-state index in [1.165, 1.54) is 64.2 Å². The Labute approximate surface area is 283 Å². The van der Waals surface area contributed by atoms with Crippen molar-refractivity contribution < 1.29 is 50.0 Å². The van der Waals surface area contributed by atoms with Crippen LogP contribution in [0.1, 0.15) is 142 Å². The van der Waals surface area contributed by atoms with Crippen LogP contribution in [0.4, 0.5) is 0 Å². The third kappa shape index (κ3) is 19.0. The molecule has 1 amide bonds. The van der Waals surface area contributed by atoms with Crippen LogP contribution >= 0.6 is 0 Å². The minimum absolute atomic E-state index is 0.256. The second-order valence-corrected chi connectivity index (χ2v) is 13.3. The van der Waals surface area contributed by atoms with E-state index in [9.17, 15) is 40.5 Å². The molecule has 0 bridgehead atoms. The molecular formula is C36H69NO10. The normalized spacial score (nSPS) is 24.3. The second-order valence-electron chi connectivity index (χ2n) is 13.3. The Morgan fingerprint density at radius 2 is 1.26 bits per heavy atom. The molecular weight excluding hydrogens is 606 g/mol. The highest BCUT2D eigenvalue weighted by molar-refractivity contribution is 5.80. The molecule has 0 saturated carbocycles. The molecule has 11 nitrogen and oxygen atoms in total. The average molecular weight is 676 g/mol. The van der Waals surface area contributed by atoms with Gasteiger partial charge in [-0.25, -0.2) is 0 Å². The zero-order valence-corrected chi connectivity index (χ0v) is 29.3. The van der Waals surface area contributed by atoms with Gasteiger partial charge in [0.05, 0.1) is 25.4 Å². The van der Waals surface area contributed by atoms with Crippen molar-refractivity contribution in [3.8, 4) is 0 Å². The van der Waals surface area contributed by atoms with Gasteiger partial charge in [0.25, 0.3) is 0 Å². The molecule has 0 spiro atoms. The Hall–Kier alpha value is -1.15. The highest BCUT2D eigenvalue weighted by Crippen LogP contribution is 2.23. The number of hydrogen-bond acceptors (Lipinski definition) is 10. The molecule has 1 heterocycles. The third-order valence-electron chi connectivity index (χ3n) is 9.07. The lowest BCUT2D eigenvalue weighted by Gasteiger charge is -2.40. The van der Waals surface area contributed by atoms with E-state index in [1.807, 2.05) is 0 Å². The molecule has 0 aromatic heterocycles. The second kappa shape index (κ2) is 27.6. The van der Waals surface area contributed by atoms with Gasteiger partial charge >= 0.3 is 0 Å². The minimum atomic E-state index is -1.66. The van der Waals surface area contributed by atoms with Crippen LogP contribution in [-0.2, 0) is 14.3 Å². The lowest BCUT2D eigenvalue weighted by Crippen LogP contribution is -2.60. The summed E-state index contributed by atoms with van der Waals surface area (Å²) in [5.74, 6) is -0.712. The first kappa shape index (κ1) is 43.9. The van der Waals surface area contributed by atoms with Crippen molar-refractivity contribution in [1.82, 2.24) is 5.32 Å². The number of aliphatic hydroxyl groups excluding tert-OH is 7. The van der Waals surface area contributed by atoms with Crippen molar-refractivity contribution in [2.24, 2.45) is 0 Å². The SMILES string of the molecule is CCCCCCCC/C=C/CCCC(O)C(O)C(COC1OC(CO)C(O)C(O)C1O)NC(=O)C(O)CCCCCCCCCCC. The van der Waals surface area contributed by atoms with Crippen LogP contribution in [0.3, 0.4) is 0 Å². The fourth-order valence-electron chi connectivity index (χ4n) is 5.85. The molecule has 1 fully saturated rings. The van der Waals surface area contributed by atoms with Gasteiger partial charge in [-0.05, 0) is 38.5 Å². The maximum Gasteiger partial charge on any atom is 0.249 e. The maximum absolute atomic E-state index is 12.9. The van der Waals surface area contributed by atoms with E-state index in [-0.39, 0.29) is 12.8 Å². The molecule has 8 N–H and O–H groups in total. The molecule has 1 saturated heterocycles. The summed E-state index contributed by atoms with van der Waals surface area (Å²) < 4.78 is 11.0. The lowest BCUT2D eigenvalue weighted by atomic mass is 9.98. The smallest absolute Gasteiger partial charge is 0.249 e. The number of hydrogen-bond donors (Lipinski definition) is 8. The van der Waals surface area contributed by atoms with E-state index >= 15 is 0 Å². The van der Waals surface area contributed by atoms with Crippen molar-refractivity contribution in [2.75, 3.05) is 13.2 Å². The highest BCUT2D eigenvalue weighted by Gasteiger charge is 2.44. The van der Waals surface area contributed by atoms with Crippen molar-refractivity contribution >= 4 is 5.91 Å². The molecule has 1 aliphatic heterocycles. The number of ether oxygens (including phenoxy) is 2. The molecule has 0 aliphatic carbocycles. The van der Waals surface area contributed by atoms with E-state index < -0.39 is 74.2 Å². The maximum atomic E-state index is 12.9. The van der Waals surface area contributed by atoms with E-state index in [2.05, 4.69) is 31.3 Å². The summed E-state index contributed by atoms with van der Waals surface area (Å²) in [7, 11) is 0. The Morgan fingerprint density at radius 1 is 0.723 bits per heavy atom. The van der Waals surface area contributed by atoms with E-state index in [4.69, 9.17) is 9.47 Å². The summed E-state index contributed by atoms with van der Waals surface area (Å²) in [4.78, 5) is 12.9. The van der Waals surface area contributed by atoms with Crippen molar-refractivity contribution in [1.29, 1.82) is 0 Å². The van der Waals surface area contributed by atoms with Crippen LogP contribution in [0, 0.1) is 0 Å². The first-order chi connectivity index (χ1) is 22.7. The first-order valence-corrected chi connectivity index (χ1v) is 18.6. The number of carbonyl (C=O) groups is 1. The summed E-state index contributed by atoms with van der Waals surface area (Å²) >= 11 is 0. The largest absolute Gasteiger partial charge is 0.394 e. The van der Waals surface area contributed by atoms with Gasteiger partial charge in [-0.3, -0.25) is 4.79 Å². The summed E-state index contributed by atoms with van der Waals surface area (Å²) in [5.41, 5.74) is 0. The van der Waals surface area contributed by atoms with Gasteiger partial charge in [0.2, 0.25) is 5.91 Å². The fraction of sp³-hybridized carbons (Fsp3) is 0.917. The minimum Gasteiger partial charge on any atom is -0.394 e. The predicted molar refractivity (Wildman–Crippen MR) is 182 cm³/mol. The van der Waals surface area contributed by atoms with Crippen LogP contribution in [-0.4, -0.2) is 110 Å². The lowest BCUT2D eigenvalue weighted by molar-refractivity contribution is -0.303. The quantitative estimate of drug-likeness (QED) is 0.0428. The molecule has 278 valence electrons. The standard InChI is InChI=1S/C36H69NO10/c1-3-5-7-9-11-13-14-16-17-19-21-23-28(39)31(41)27(26-46-36-34(44)33(43)32(42)30(25-38)47-36)37-35(45)29(40)24-22-20-18-15-12-10-8-6-4-2/h16-17,27-34,36,38-44H,3-15,18-26H2,1-2H3,(H,37,45)/b17-16+. The molecule has 11 heteroatoms. The molecule has 0 aromatic carbocycles. The molecule has 9 unspecified atom stereocenters. The van der Waals surface area contributed by atoms with Crippen LogP contribution in [0.5, 0.6) is 0 Å². The van der Waals surface area contributed by atoms with Crippen molar-refractivity contribution in [3.05, 3.63) is 12.2 Å². The Kier molecular flexibility index (Phi) is 25.8. The molecule has 47 heavy (non-hydrogen) atoms. The summed E-state index contributed by atoms with van der Waals surface area (Å²) in [6, 6.07) is -1.18. The number of allylic oxidation sites excluding steroid dienone is 2. The average Bonchev–Trinajstić information content (AvgIpc) is 3.07. The van der Waals surface area contributed by atoms with Crippen LogP contribution in [0.25, 0.3) is 0 Å². The third-order valence-corrected chi connectivity index (χ3v) is 9.07. The first-order valence-electron chi connectivity index (χ1n) is 18.6. The van der Waals surface area contributed by atoms with Gasteiger partial charge in [0.15, 0.2) is 6.29 Å². The number of unbranched alkanes of at least 4 members (excludes halogenated alkanes) is 15. The fourth-order valence-corrected chi connectivity index (χ4v) is 5.85. The highest BCUT2D eigenvalue weighted by atomic mass is 16.7. The number of nitrogens with one attached hydrogen (secondary N) is 1. The molecule has 1 rings (SSSR count). The van der Waals surface area contributed by atoms with Gasteiger partial charge in [0.1, 0.15) is 36.6 Å². The molecule has 0 aromatic rings. The number of amides is 1. The summed E-state index contributed by atoms with van der Waals surface area (Å²) in [5, 5.41) is 74.9. The van der Waals surface area contributed by atoms with Gasteiger partial charge in [0, 0.05) is 0 Å². The molecule has 9 atom stereocenters.